The van der Waals surface area contributed by atoms with Crippen LogP contribution in [0.25, 0.3) is 0 Å². The molecule has 0 saturated heterocycles. The van der Waals surface area contributed by atoms with Crippen LogP contribution in [0, 0.1) is 6.42 Å². The number of nitrogens with zero attached hydrogens (tertiary/aromatic N) is 1. The fraction of sp³-hybridized carbons (Fsp3) is 0.600. The zero-order chi connectivity index (χ0) is 4.95. The minimum atomic E-state index is 0.677. The van der Waals surface area contributed by atoms with E-state index in [9.17, 15) is 0 Å². The van der Waals surface area contributed by atoms with Crippen molar-refractivity contribution in [3.05, 3.63) is 6.42 Å². The first-order valence-electron chi connectivity index (χ1n) is 2.38. The molecule has 2 heteroatoms. The monoisotopic (exact) mass is 98.1 g/mol. The van der Waals surface area contributed by atoms with E-state index in [1.54, 1.807) is 6.21 Å². The number of hydrogen-bond acceptors (Lipinski definition) is 2. The quantitative estimate of drug-likeness (QED) is 0.426. The zero-order valence-electron chi connectivity index (χ0n) is 4.13. The van der Waals surface area contributed by atoms with Crippen LogP contribution in [0.1, 0.15) is 0 Å². The molecule has 0 fully saturated rings. The van der Waals surface area contributed by atoms with E-state index in [0.29, 0.717) is 6.61 Å². The molecule has 0 aromatic carbocycles. The molecule has 0 aromatic rings. The fourth-order valence-corrected chi connectivity index (χ4v) is 0.459. The van der Waals surface area contributed by atoms with Crippen molar-refractivity contribution < 1.29 is 4.74 Å². The highest BCUT2D eigenvalue weighted by Crippen LogP contribution is 1.85. The minimum absolute atomic E-state index is 0.677. The van der Waals surface area contributed by atoms with E-state index in [4.69, 9.17) is 4.74 Å². The van der Waals surface area contributed by atoms with Crippen molar-refractivity contribution >= 4 is 6.21 Å². The molecule has 1 aliphatic heterocycles. The standard InChI is InChI=1S/C5H8NO/c1-2-6-3-5-7-4-1/h1,3H,2,4-5H2. The van der Waals surface area contributed by atoms with Gasteiger partial charge in [-0.25, -0.2) is 0 Å². The van der Waals surface area contributed by atoms with Crippen LogP contribution in [0.15, 0.2) is 4.99 Å². The van der Waals surface area contributed by atoms with Gasteiger partial charge in [-0.1, -0.05) is 0 Å². The summed E-state index contributed by atoms with van der Waals surface area (Å²) in [5.74, 6) is 0. The van der Waals surface area contributed by atoms with E-state index < -0.39 is 0 Å². The Hall–Kier alpha value is -0.370. The Morgan fingerprint density at radius 3 is 3.43 bits per heavy atom. The van der Waals surface area contributed by atoms with Gasteiger partial charge < -0.3 is 4.74 Å². The number of hydrogen-bond donors (Lipinski definition) is 0. The van der Waals surface area contributed by atoms with Crippen LogP contribution in [-0.2, 0) is 4.74 Å². The van der Waals surface area contributed by atoms with Crippen LogP contribution in [-0.4, -0.2) is 26.0 Å². The largest absolute Gasteiger partial charge is 0.375 e. The lowest BCUT2D eigenvalue weighted by Gasteiger charge is -1.89. The number of rotatable bonds is 0. The van der Waals surface area contributed by atoms with Gasteiger partial charge in [-0.05, 0) is 0 Å². The molecule has 1 heterocycles. The van der Waals surface area contributed by atoms with Crippen molar-refractivity contribution in [1.29, 1.82) is 0 Å². The van der Waals surface area contributed by atoms with Crippen LogP contribution in [0.5, 0.6) is 0 Å². The van der Waals surface area contributed by atoms with Gasteiger partial charge in [0.2, 0.25) is 0 Å². The summed E-state index contributed by atoms with van der Waals surface area (Å²) in [6.07, 6.45) is 3.80. The first-order valence-corrected chi connectivity index (χ1v) is 2.38. The smallest absolute Gasteiger partial charge is 0.0814 e. The van der Waals surface area contributed by atoms with E-state index in [-0.39, 0.29) is 0 Å². The maximum atomic E-state index is 4.99. The molecule has 0 amide bonds. The molecule has 0 aromatic heterocycles. The second-order valence-corrected chi connectivity index (χ2v) is 1.37. The topological polar surface area (TPSA) is 21.6 Å². The summed E-state index contributed by atoms with van der Waals surface area (Å²) >= 11 is 0. The molecule has 0 saturated carbocycles. The van der Waals surface area contributed by atoms with Crippen LogP contribution in [0.3, 0.4) is 0 Å². The highest BCUT2D eigenvalue weighted by Gasteiger charge is 1.89. The Morgan fingerprint density at radius 2 is 2.43 bits per heavy atom. The molecular formula is C5H8NO. The summed E-state index contributed by atoms with van der Waals surface area (Å²) in [6, 6.07) is 0. The van der Waals surface area contributed by atoms with Crippen molar-refractivity contribution in [3.63, 3.8) is 0 Å². The Bertz CT molecular complexity index is 62.5. The van der Waals surface area contributed by atoms with E-state index in [1.807, 2.05) is 6.42 Å². The molecule has 39 valence electrons. The Kier molecular flexibility index (Phi) is 1.88. The lowest BCUT2D eigenvalue weighted by molar-refractivity contribution is 0.200. The van der Waals surface area contributed by atoms with E-state index in [0.717, 1.165) is 13.2 Å². The second-order valence-electron chi connectivity index (χ2n) is 1.37. The third-order valence-electron chi connectivity index (χ3n) is 0.792. The van der Waals surface area contributed by atoms with Gasteiger partial charge in [-0.15, -0.1) is 0 Å². The molecule has 0 N–H and O–H groups in total. The van der Waals surface area contributed by atoms with Crippen LogP contribution < -0.4 is 0 Å². The van der Waals surface area contributed by atoms with Gasteiger partial charge >= 0.3 is 0 Å². The number of ether oxygens (including phenoxy) is 1. The normalized spacial score (nSPS) is 21.7. The maximum Gasteiger partial charge on any atom is 0.0814 e. The minimum Gasteiger partial charge on any atom is -0.375 e. The van der Waals surface area contributed by atoms with Gasteiger partial charge in [-0.2, -0.15) is 0 Å². The third-order valence-corrected chi connectivity index (χ3v) is 0.792. The van der Waals surface area contributed by atoms with E-state index in [1.165, 1.54) is 0 Å². The van der Waals surface area contributed by atoms with Gasteiger partial charge in [0.1, 0.15) is 0 Å². The van der Waals surface area contributed by atoms with Gasteiger partial charge in [0.25, 0.3) is 0 Å². The zero-order valence-corrected chi connectivity index (χ0v) is 4.13. The average Bonchev–Trinajstić information content (AvgIpc) is 1.90. The van der Waals surface area contributed by atoms with E-state index in [2.05, 4.69) is 4.99 Å². The van der Waals surface area contributed by atoms with Crippen molar-refractivity contribution in [2.24, 2.45) is 4.99 Å². The second kappa shape index (κ2) is 2.75. The van der Waals surface area contributed by atoms with Gasteiger partial charge in [-0.3, -0.25) is 4.99 Å². The summed E-state index contributed by atoms with van der Waals surface area (Å²) in [7, 11) is 0. The van der Waals surface area contributed by atoms with Crippen LogP contribution in [0.2, 0.25) is 0 Å². The highest BCUT2D eigenvalue weighted by atomic mass is 16.5. The van der Waals surface area contributed by atoms with Gasteiger partial charge in [0.15, 0.2) is 0 Å². The van der Waals surface area contributed by atoms with Gasteiger partial charge in [0.05, 0.1) is 13.2 Å². The Labute approximate surface area is 43.2 Å². The van der Waals surface area contributed by atoms with Crippen molar-refractivity contribution in [2.45, 2.75) is 0 Å². The summed E-state index contributed by atoms with van der Waals surface area (Å²) in [5, 5.41) is 0. The molecule has 0 bridgehead atoms. The van der Waals surface area contributed by atoms with Crippen molar-refractivity contribution in [3.8, 4) is 0 Å². The molecule has 1 aliphatic rings. The lowest BCUT2D eigenvalue weighted by atomic mass is 10.5. The molecule has 0 spiro atoms. The third kappa shape index (κ3) is 1.69. The summed E-state index contributed by atoms with van der Waals surface area (Å²) in [5.41, 5.74) is 0. The molecule has 1 rings (SSSR count). The lowest BCUT2D eigenvalue weighted by Crippen LogP contribution is -1.93. The van der Waals surface area contributed by atoms with Crippen molar-refractivity contribution in [1.82, 2.24) is 0 Å². The first kappa shape index (κ1) is 4.78. The van der Waals surface area contributed by atoms with Crippen molar-refractivity contribution in [2.75, 3.05) is 19.8 Å². The molecular weight excluding hydrogens is 90.1 g/mol. The number of aliphatic imine (C=N–C) groups is 1. The summed E-state index contributed by atoms with van der Waals surface area (Å²) < 4.78 is 4.99. The Balaban J connectivity index is 2.20. The SMILES string of the molecule is [CH]1CN=CCOC1. The summed E-state index contributed by atoms with van der Waals surface area (Å²) in [6.45, 7) is 2.25. The van der Waals surface area contributed by atoms with Gasteiger partial charge in [0, 0.05) is 19.2 Å². The molecule has 0 aliphatic carbocycles. The van der Waals surface area contributed by atoms with Crippen LogP contribution >= 0.6 is 0 Å². The predicted octanol–water partition coefficient (Wildman–Crippen LogP) is 0.292. The molecule has 7 heavy (non-hydrogen) atoms. The molecule has 2 nitrogen and oxygen atoms in total. The molecule has 0 atom stereocenters. The molecule has 0 unspecified atom stereocenters. The Morgan fingerprint density at radius 1 is 1.43 bits per heavy atom. The fourth-order valence-electron chi connectivity index (χ4n) is 0.459. The predicted molar refractivity (Wildman–Crippen MR) is 28.5 cm³/mol. The summed E-state index contributed by atoms with van der Waals surface area (Å²) in [4.78, 5) is 3.97. The first-order chi connectivity index (χ1) is 3.50. The van der Waals surface area contributed by atoms with Crippen LogP contribution in [0.4, 0.5) is 0 Å². The average molecular weight is 98.1 g/mol. The van der Waals surface area contributed by atoms with E-state index >= 15 is 0 Å². The maximum absolute atomic E-state index is 4.99. The molecule has 1 radical (unpaired) electrons. The highest BCUT2D eigenvalue weighted by molar-refractivity contribution is 5.58.